The molecule has 1 fully saturated rings. The second-order valence-corrected chi connectivity index (χ2v) is 5.84. The Hall–Kier alpha value is -2.83. The van der Waals surface area contributed by atoms with Gasteiger partial charge in [-0.15, -0.1) is 0 Å². The average Bonchev–Trinajstić information content (AvgIpc) is 3.03. The number of carbonyl (C=O) groups is 3. The standard InChI is InChI=1S/C17H19N3O4/c21-15(5-6-16(22)23)19-7-9-20(10-8-19)17(24)14-11-12-3-1-2-4-13(12)18-14/h1-4,11,18H,5-10H2,(H,22,23). The van der Waals surface area contributed by atoms with Gasteiger partial charge in [-0.2, -0.15) is 0 Å². The van der Waals surface area contributed by atoms with Crippen molar-refractivity contribution >= 4 is 28.7 Å². The van der Waals surface area contributed by atoms with Crippen LogP contribution in [0.3, 0.4) is 0 Å². The molecule has 0 radical (unpaired) electrons. The number of hydrogen-bond donors (Lipinski definition) is 2. The number of rotatable bonds is 4. The number of aromatic nitrogens is 1. The van der Waals surface area contributed by atoms with E-state index in [1.165, 1.54) is 0 Å². The summed E-state index contributed by atoms with van der Waals surface area (Å²) in [6.45, 7) is 1.77. The number of piperazine rings is 1. The topological polar surface area (TPSA) is 93.7 Å². The van der Waals surface area contributed by atoms with Crippen molar-refractivity contribution in [1.82, 2.24) is 14.8 Å². The van der Waals surface area contributed by atoms with Crippen LogP contribution in [-0.2, 0) is 9.59 Å². The van der Waals surface area contributed by atoms with Gasteiger partial charge in [0.05, 0.1) is 6.42 Å². The molecule has 0 atom stereocenters. The molecule has 0 saturated carbocycles. The van der Waals surface area contributed by atoms with Crippen LogP contribution in [0.1, 0.15) is 23.3 Å². The molecule has 2 amide bonds. The summed E-state index contributed by atoms with van der Waals surface area (Å²) in [6.07, 6.45) is -0.154. The number of amides is 2. The zero-order valence-electron chi connectivity index (χ0n) is 13.2. The molecule has 2 heterocycles. The van der Waals surface area contributed by atoms with E-state index in [9.17, 15) is 14.4 Å². The van der Waals surface area contributed by atoms with Gasteiger partial charge in [0, 0.05) is 43.5 Å². The molecule has 2 aromatic rings. The van der Waals surface area contributed by atoms with E-state index in [0.717, 1.165) is 10.9 Å². The van der Waals surface area contributed by atoms with E-state index in [2.05, 4.69) is 4.98 Å². The van der Waals surface area contributed by atoms with Gasteiger partial charge in [-0.1, -0.05) is 18.2 Å². The predicted molar refractivity (Wildman–Crippen MR) is 87.7 cm³/mol. The fraction of sp³-hybridized carbons (Fsp3) is 0.353. The highest BCUT2D eigenvalue weighted by Gasteiger charge is 2.25. The van der Waals surface area contributed by atoms with Crippen LogP contribution in [0.4, 0.5) is 0 Å². The third kappa shape index (κ3) is 3.40. The van der Waals surface area contributed by atoms with Gasteiger partial charge in [0.1, 0.15) is 5.69 Å². The largest absolute Gasteiger partial charge is 0.481 e. The highest BCUT2D eigenvalue weighted by atomic mass is 16.4. The van der Waals surface area contributed by atoms with E-state index in [-0.39, 0.29) is 24.7 Å². The number of benzene rings is 1. The number of hydrogen-bond acceptors (Lipinski definition) is 3. The third-order valence-corrected chi connectivity index (χ3v) is 4.23. The smallest absolute Gasteiger partial charge is 0.303 e. The van der Waals surface area contributed by atoms with Gasteiger partial charge in [-0.3, -0.25) is 14.4 Å². The molecule has 1 aromatic carbocycles. The Labute approximate surface area is 138 Å². The van der Waals surface area contributed by atoms with Gasteiger partial charge in [0.15, 0.2) is 0 Å². The van der Waals surface area contributed by atoms with Gasteiger partial charge >= 0.3 is 5.97 Å². The molecular formula is C17H19N3O4. The number of para-hydroxylation sites is 1. The van der Waals surface area contributed by atoms with Crippen LogP contribution >= 0.6 is 0 Å². The van der Waals surface area contributed by atoms with Crippen molar-refractivity contribution in [3.05, 3.63) is 36.0 Å². The zero-order chi connectivity index (χ0) is 17.1. The zero-order valence-corrected chi connectivity index (χ0v) is 13.2. The Morgan fingerprint density at radius 1 is 1.00 bits per heavy atom. The number of nitrogens with one attached hydrogen (secondary N) is 1. The summed E-state index contributed by atoms with van der Waals surface area (Å²) in [4.78, 5) is 41.5. The molecule has 3 rings (SSSR count). The number of carboxylic acid groups (broad SMARTS) is 1. The van der Waals surface area contributed by atoms with E-state index < -0.39 is 5.97 Å². The summed E-state index contributed by atoms with van der Waals surface area (Å²) < 4.78 is 0. The Morgan fingerprint density at radius 2 is 1.67 bits per heavy atom. The van der Waals surface area contributed by atoms with Crippen molar-refractivity contribution in [2.75, 3.05) is 26.2 Å². The van der Waals surface area contributed by atoms with Crippen molar-refractivity contribution < 1.29 is 19.5 Å². The van der Waals surface area contributed by atoms with Crippen LogP contribution < -0.4 is 0 Å². The molecule has 2 N–H and O–H groups in total. The molecular weight excluding hydrogens is 310 g/mol. The second-order valence-electron chi connectivity index (χ2n) is 5.84. The van der Waals surface area contributed by atoms with E-state index >= 15 is 0 Å². The first-order chi connectivity index (χ1) is 11.5. The van der Waals surface area contributed by atoms with Gasteiger partial charge < -0.3 is 19.9 Å². The van der Waals surface area contributed by atoms with E-state index in [1.54, 1.807) is 9.80 Å². The number of carbonyl (C=O) groups excluding carboxylic acids is 2. The second kappa shape index (κ2) is 6.74. The van der Waals surface area contributed by atoms with Crippen LogP contribution in [0, 0.1) is 0 Å². The van der Waals surface area contributed by atoms with Crippen molar-refractivity contribution in [2.24, 2.45) is 0 Å². The van der Waals surface area contributed by atoms with E-state index in [0.29, 0.717) is 31.9 Å². The Balaban J connectivity index is 1.59. The van der Waals surface area contributed by atoms with E-state index in [4.69, 9.17) is 5.11 Å². The fourth-order valence-corrected chi connectivity index (χ4v) is 2.89. The Kier molecular flexibility index (Phi) is 4.50. The number of fused-ring (bicyclic) bond motifs is 1. The minimum Gasteiger partial charge on any atom is -0.481 e. The summed E-state index contributed by atoms with van der Waals surface area (Å²) in [6, 6.07) is 9.54. The lowest BCUT2D eigenvalue weighted by atomic mass is 10.2. The van der Waals surface area contributed by atoms with Crippen molar-refractivity contribution in [2.45, 2.75) is 12.8 Å². The summed E-state index contributed by atoms with van der Waals surface area (Å²) >= 11 is 0. The molecule has 126 valence electrons. The summed E-state index contributed by atoms with van der Waals surface area (Å²) in [5.74, 6) is -1.23. The maximum atomic E-state index is 12.6. The van der Waals surface area contributed by atoms with Crippen LogP contribution in [0.15, 0.2) is 30.3 Å². The van der Waals surface area contributed by atoms with Gasteiger partial charge in [-0.05, 0) is 12.1 Å². The van der Waals surface area contributed by atoms with Crippen LogP contribution in [-0.4, -0.2) is 63.9 Å². The normalized spacial score (nSPS) is 14.8. The number of nitrogens with zero attached hydrogens (tertiary/aromatic N) is 2. The molecule has 7 nitrogen and oxygen atoms in total. The monoisotopic (exact) mass is 329 g/mol. The van der Waals surface area contributed by atoms with E-state index in [1.807, 2.05) is 30.3 Å². The number of carboxylic acids is 1. The molecule has 0 spiro atoms. The maximum Gasteiger partial charge on any atom is 0.303 e. The summed E-state index contributed by atoms with van der Waals surface area (Å²) in [7, 11) is 0. The Bertz CT molecular complexity index is 742. The van der Waals surface area contributed by atoms with Crippen molar-refractivity contribution in [1.29, 1.82) is 0 Å². The Morgan fingerprint density at radius 3 is 2.33 bits per heavy atom. The van der Waals surface area contributed by atoms with Gasteiger partial charge in [0.2, 0.25) is 5.91 Å². The lowest BCUT2D eigenvalue weighted by Gasteiger charge is -2.34. The number of aliphatic carboxylic acids is 1. The van der Waals surface area contributed by atoms with Gasteiger partial charge in [-0.25, -0.2) is 0 Å². The van der Waals surface area contributed by atoms with Crippen LogP contribution in [0.2, 0.25) is 0 Å². The fourth-order valence-electron chi connectivity index (χ4n) is 2.89. The molecule has 0 aliphatic carbocycles. The number of H-pyrrole nitrogens is 1. The van der Waals surface area contributed by atoms with Crippen molar-refractivity contribution in [3.63, 3.8) is 0 Å². The lowest BCUT2D eigenvalue weighted by Crippen LogP contribution is -2.50. The SMILES string of the molecule is O=C(O)CCC(=O)N1CCN(C(=O)c2cc3ccccc3[nH]2)CC1. The summed E-state index contributed by atoms with van der Waals surface area (Å²) in [5, 5.41) is 9.62. The molecule has 24 heavy (non-hydrogen) atoms. The molecule has 1 aromatic heterocycles. The highest BCUT2D eigenvalue weighted by Crippen LogP contribution is 2.17. The van der Waals surface area contributed by atoms with Crippen LogP contribution in [0.5, 0.6) is 0 Å². The third-order valence-electron chi connectivity index (χ3n) is 4.23. The first-order valence-electron chi connectivity index (χ1n) is 7.91. The minimum atomic E-state index is -0.976. The first-order valence-corrected chi connectivity index (χ1v) is 7.91. The molecule has 0 unspecified atom stereocenters. The number of aromatic amines is 1. The minimum absolute atomic E-state index is 0.00526. The molecule has 7 heteroatoms. The highest BCUT2D eigenvalue weighted by molar-refractivity contribution is 5.98. The predicted octanol–water partition coefficient (Wildman–Crippen LogP) is 1.32. The van der Waals surface area contributed by atoms with Crippen molar-refractivity contribution in [3.8, 4) is 0 Å². The molecule has 1 aliphatic rings. The first kappa shape index (κ1) is 16.0. The maximum absolute atomic E-state index is 12.6. The lowest BCUT2D eigenvalue weighted by molar-refractivity contribution is -0.141. The molecule has 1 aliphatic heterocycles. The molecule has 0 bridgehead atoms. The average molecular weight is 329 g/mol. The molecule has 1 saturated heterocycles. The van der Waals surface area contributed by atoms with Crippen LogP contribution in [0.25, 0.3) is 10.9 Å². The quantitative estimate of drug-likeness (QED) is 0.884. The van der Waals surface area contributed by atoms with Gasteiger partial charge in [0.25, 0.3) is 5.91 Å². The summed E-state index contributed by atoms with van der Waals surface area (Å²) in [5.41, 5.74) is 1.46.